The van der Waals surface area contributed by atoms with Crippen LogP contribution in [0.1, 0.15) is 50.4 Å². The molecular weight excluding hydrogens is 380 g/mol. The number of fused-ring (bicyclic) bond motifs is 1. The number of piperidine rings is 1. The summed E-state index contributed by atoms with van der Waals surface area (Å²) in [4.78, 5) is 27.6. The molecule has 6 heteroatoms. The van der Waals surface area contributed by atoms with Gasteiger partial charge in [-0.05, 0) is 58.2 Å². The first kappa shape index (κ1) is 20.1. The molecule has 1 aliphatic heterocycles. The number of carbonyl (C=O) groups excluding carboxylic acids is 2. The van der Waals surface area contributed by atoms with Crippen molar-refractivity contribution in [2.45, 2.75) is 58.2 Å². The van der Waals surface area contributed by atoms with Crippen molar-refractivity contribution in [2.75, 3.05) is 0 Å². The van der Waals surface area contributed by atoms with Crippen LogP contribution in [0, 0.1) is 0 Å². The number of amides is 1. The maximum atomic E-state index is 12.9. The molecule has 4 rings (SSSR count). The number of rotatable bonds is 4. The maximum Gasteiger partial charge on any atom is 0.338 e. The Morgan fingerprint density at radius 2 is 1.80 bits per heavy atom. The van der Waals surface area contributed by atoms with Crippen molar-refractivity contribution >= 4 is 22.8 Å². The molecule has 1 fully saturated rings. The van der Waals surface area contributed by atoms with Crippen molar-refractivity contribution < 1.29 is 18.8 Å². The smallest absolute Gasteiger partial charge is 0.338 e. The Kier molecular flexibility index (Phi) is 5.57. The Labute approximate surface area is 175 Å². The molecule has 2 heterocycles. The third kappa shape index (κ3) is 3.82. The van der Waals surface area contributed by atoms with Gasteiger partial charge in [-0.3, -0.25) is 4.79 Å². The van der Waals surface area contributed by atoms with E-state index in [0.717, 1.165) is 30.2 Å². The number of aromatic nitrogens is 1. The number of likely N-dealkylation sites (tertiary alicyclic amines) is 1. The highest BCUT2D eigenvalue weighted by Gasteiger charge is 2.33. The predicted octanol–water partition coefficient (Wildman–Crippen LogP) is 4.83. The monoisotopic (exact) mass is 406 g/mol. The van der Waals surface area contributed by atoms with Crippen LogP contribution < -0.4 is 0 Å². The van der Waals surface area contributed by atoms with Gasteiger partial charge in [-0.15, -0.1) is 0 Å². The minimum Gasteiger partial charge on any atom is -0.449 e. The Morgan fingerprint density at radius 3 is 2.50 bits per heavy atom. The maximum absolute atomic E-state index is 12.9. The van der Waals surface area contributed by atoms with Gasteiger partial charge in [0.05, 0.1) is 10.9 Å². The van der Waals surface area contributed by atoms with Gasteiger partial charge in [0.2, 0.25) is 0 Å². The van der Waals surface area contributed by atoms with Crippen molar-refractivity contribution in [2.24, 2.45) is 0 Å². The van der Waals surface area contributed by atoms with Crippen LogP contribution in [0.5, 0.6) is 0 Å². The van der Waals surface area contributed by atoms with E-state index in [-0.39, 0.29) is 18.0 Å². The van der Waals surface area contributed by atoms with E-state index >= 15 is 0 Å². The molecule has 30 heavy (non-hydrogen) atoms. The number of benzene rings is 2. The molecular formula is C24H26N2O4. The molecule has 2 aromatic carbocycles. The number of esters is 1. The van der Waals surface area contributed by atoms with Gasteiger partial charge >= 0.3 is 5.97 Å². The molecule has 0 unspecified atom stereocenters. The summed E-state index contributed by atoms with van der Waals surface area (Å²) in [6.45, 7) is 5.74. The molecule has 0 bridgehead atoms. The average molecular weight is 406 g/mol. The Balaban J connectivity index is 1.54. The average Bonchev–Trinajstić information content (AvgIpc) is 3.17. The first-order valence-corrected chi connectivity index (χ1v) is 10.4. The highest BCUT2D eigenvalue weighted by atomic mass is 16.5. The Bertz CT molecular complexity index is 1050. The van der Waals surface area contributed by atoms with E-state index in [4.69, 9.17) is 9.26 Å². The Hall–Kier alpha value is -3.15. The lowest BCUT2D eigenvalue weighted by atomic mass is 9.97. The van der Waals surface area contributed by atoms with Crippen molar-refractivity contribution in [1.29, 1.82) is 0 Å². The second kappa shape index (κ2) is 8.30. The SMILES string of the molecule is C[C@@H]1CCC[C@@H](C)N1C(=O)[C@@H](C)OC(=O)c1ccc2noc(-c3ccccc3)c2c1. The predicted molar refractivity (Wildman–Crippen MR) is 114 cm³/mol. The second-order valence-corrected chi connectivity index (χ2v) is 8.03. The van der Waals surface area contributed by atoms with Crippen molar-refractivity contribution in [3.8, 4) is 11.3 Å². The van der Waals surface area contributed by atoms with Gasteiger partial charge in [-0.1, -0.05) is 35.5 Å². The van der Waals surface area contributed by atoms with Crippen molar-refractivity contribution in [3.05, 3.63) is 54.1 Å². The summed E-state index contributed by atoms with van der Waals surface area (Å²) in [6.07, 6.45) is 2.22. The first-order chi connectivity index (χ1) is 14.5. The van der Waals surface area contributed by atoms with Crippen LogP contribution in [-0.2, 0) is 9.53 Å². The fourth-order valence-electron chi connectivity index (χ4n) is 4.21. The molecule has 6 nitrogen and oxygen atoms in total. The molecule has 0 N–H and O–H groups in total. The lowest BCUT2D eigenvalue weighted by Crippen LogP contribution is -2.51. The van der Waals surface area contributed by atoms with Gasteiger partial charge in [-0.25, -0.2) is 4.79 Å². The zero-order valence-corrected chi connectivity index (χ0v) is 17.5. The molecule has 0 aliphatic carbocycles. The largest absolute Gasteiger partial charge is 0.449 e. The van der Waals surface area contributed by atoms with E-state index in [1.807, 2.05) is 49.1 Å². The molecule has 1 saturated heterocycles. The van der Waals surface area contributed by atoms with E-state index < -0.39 is 12.1 Å². The first-order valence-electron chi connectivity index (χ1n) is 10.4. The van der Waals surface area contributed by atoms with E-state index in [2.05, 4.69) is 5.16 Å². The van der Waals surface area contributed by atoms with Gasteiger partial charge in [0, 0.05) is 17.6 Å². The fraction of sp³-hybridized carbons (Fsp3) is 0.375. The molecule has 0 spiro atoms. The minimum atomic E-state index is -0.840. The molecule has 1 aliphatic rings. The summed E-state index contributed by atoms with van der Waals surface area (Å²) in [5, 5.41) is 4.80. The van der Waals surface area contributed by atoms with E-state index in [1.165, 1.54) is 0 Å². The summed E-state index contributed by atoms with van der Waals surface area (Å²) in [6, 6.07) is 15.0. The summed E-state index contributed by atoms with van der Waals surface area (Å²) < 4.78 is 11.0. The topological polar surface area (TPSA) is 72.6 Å². The van der Waals surface area contributed by atoms with Crippen LogP contribution in [0.4, 0.5) is 0 Å². The van der Waals surface area contributed by atoms with E-state index in [9.17, 15) is 9.59 Å². The lowest BCUT2D eigenvalue weighted by Gasteiger charge is -2.40. The quantitative estimate of drug-likeness (QED) is 0.580. The number of carbonyl (C=O) groups is 2. The lowest BCUT2D eigenvalue weighted by molar-refractivity contribution is -0.146. The standard InChI is InChI=1S/C24H26N2O4/c1-15-8-7-9-16(2)26(15)23(27)17(3)29-24(28)19-12-13-21-20(14-19)22(30-25-21)18-10-5-4-6-11-18/h4-6,10-17H,7-9H2,1-3H3/t15-,16-,17-/m1/s1. The number of nitrogens with zero attached hydrogens (tertiary/aromatic N) is 2. The summed E-state index contributed by atoms with van der Waals surface area (Å²) in [5.41, 5.74) is 1.90. The normalized spacial score (nSPS) is 20.2. The van der Waals surface area contributed by atoms with E-state index in [0.29, 0.717) is 16.8 Å². The number of hydrogen-bond donors (Lipinski definition) is 0. The minimum absolute atomic E-state index is 0.140. The molecule has 1 aromatic heterocycles. The van der Waals surface area contributed by atoms with Gasteiger partial charge in [0.15, 0.2) is 11.9 Å². The van der Waals surface area contributed by atoms with E-state index in [1.54, 1.807) is 25.1 Å². The third-order valence-electron chi connectivity index (χ3n) is 5.83. The highest BCUT2D eigenvalue weighted by Crippen LogP contribution is 2.29. The summed E-state index contributed by atoms with van der Waals surface area (Å²) in [5.74, 6) is -0.0744. The molecule has 3 atom stereocenters. The number of hydrogen-bond acceptors (Lipinski definition) is 5. The highest BCUT2D eigenvalue weighted by molar-refractivity contribution is 5.99. The summed E-state index contributed by atoms with van der Waals surface area (Å²) >= 11 is 0. The molecule has 0 radical (unpaired) electrons. The number of ether oxygens (including phenoxy) is 1. The van der Waals surface area contributed by atoms with Crippen LogP contribution in [0.3, 0.4) is 0 Å². The van der Waals surface area contributed by atoms with Crippen LogP contribution in [0.15, 0.2) is 53.1 Å². The van der Waals surface area contributed by atoms with Crippen LogP contribution in [0.25, 0.3) is 22.2 Å². The van der Waals surface area contributed by atoms with Crippen LogP contribution >= 0.6 is 0 Å². The van der Waals surface area contributed by atoms with Gasteiger partial charge < -0.3 is 14.2 Å². The second-order valence-electron chi connectivity index (χ2n) is 8.03. The Morgan fingerprint density at radius 1 is 1.10 bits per heavy atom. The van der Waals surface area contributed by atoms with Gasteiger partial charge in [0.1, 0.15) is 5.52 Å². The summed E-state index contributed by atoms with van der Waals surface area (Å²) in [7, 11) is 0. The third-order valence-corrected chi connectivity index (χ3v) is 5.83. The molecule has 0 saturated carbocycles. The van der Waals surface area contributed by atoms with Crippen molar-refractivity contribution in [1.82, 2.24) is 10.1 Å². The zero-order chi connectivity index (χ0) is 21.3. The zero-order valence-electron chi connectivity index (χ0n) is 17.5. The fourth-order valence-corrected chi connectivity index (χ4v) is 4.21. The van der Waals surface area contributed by atoms with Crippen LogP contribution in [0.2, 0.25) is 0 Å². The molecule has 156 valence electrons. The molecule has 1 amide bonds. The van der Waals surface area contributed by atoms with Gasteiger partial charge in [0.25, 0.3) is 5.91 Å². The van der Waals surface area contributed by atoms with Crippen LogP contribution in [-0.4, -0.2) is 40.1 Å². The molecule has 3 aromatic rings. The van der Waals surface area contributed by atoms with Crippen molar-refractivity contribution in [3.63, 3.8) is 0 Å². The van der Waals surface area contributed by atoms with Gasteiger partial charge in [-0.2, -0.15) is 0 Å².